The van der Waals surface area contributed by atoms with Gasteiger partial charge < -0.3 is 19.3 Å². The average Bonchev–Trinajstić information content (AvgIpc) is 3.79. The van der Waals surface area contributed by atoms with E-state index in [9.17, 15) is 14.0 Å². The lowest BCUT2D eigenvalue weighted by Crippen LogP contribution is -2.48. The molecule has 52 heavy (non-hydrogen) atoms. The molecular formula is C39H40F2N6O4S. The number of carbonyl (C=O) groups is 2. The first-order valence-corrected chi connectivity index (χ1v) is 18.0. The number of ether oxygens (including phenoxy) is 2. The molecule has 2 amide bonds. The van der Waals surface area contributed by atoms with Gasteiger partial charge in [0, 0.05) is 67.6 Å². The van der Waals surface area contributed by atoms with Crippen molar-refractivity contribution in [2.75, 3.05) is 48.0 Å². The fourth-order valence-electron chi connectivity index (χ4n) is 7.28. The molecule has 5 aromatic rings. The molecule has 2 aliphatic heterocycles. The number of hydrogen-bond acceptors (Lipinski definition) is 8. The van der Waals surface area contributed by atoms with Gasteiger partial charge in [0.15, 0.2) is 0 Å². The minimum Gasteiger partial charge on any atom is -0.490 e. The number of likely N-dealkylation sites (N-methyl/N-ethyl adjacent to an activating group) is 2. The van der Waals surface area contributed by atoms with Crippen LogP contribution in [0.2, 0.25) is 0 Å². The molecule has 10 nitrogen and oxygen atoms in total. The first-order chi connectivity index (χ1) is 25.0. The lowest BCUT2D eigenvalue weighted by molar-refractivity contribution is -0.134. The molecule has 3 aromatic heterocycles. The molecule has 13 heteroatoms. The molecule has 7 rings (SSSR count). The predicted octanol–water partition coefficient (Wildman–Crippen LogP) is 6.33. The summed E-state index contributed by atoms with van der Waals surface area (Å²) < 4.78 is 44.7. The van der Waals surface area contributed by atoms with Crippen molar-refractivity contribution in [3.05, 3.63) is 89.0 Å². The minimum atomic E-state index is -0.795. The van der Waals surface area contributed by atoms with Crippen LogP contribution in [0.15, 0.2) is 60.5 Å². The molecular weight excluding hydrogens is 687 g/mol. The number of amides is 2. The quantitative estimate of drug-likeness (QED) is 0.130. The van der Waals surface area contributed by atoms with Gasteiger partial charge in [0.2, 0.25) is 11.8 Å². The van der Waals surface area contributed by atoms with Crippen LogP contribution in [0.5, 0.6) is 5.75 Å². The normalized spacial score (nSPS) is 17.2. The topological polar surface area (TPSA) is 93.0 Å². The molecule has 5 heterocycles. The molecule has 0 radical (unpaired) electrons. The van der Waals surface area contributed by atoms with Gasteiger partial charge in [0.1, 0.15) is 35.4 Å². The summed E-state index contributed by atoms with van der Waals surface area (Å²) in [5.74, 6) is -1.65. The maximum absolute atomic E-state index is 16.2. The van der Waals surface area contributed by atoms with E-state index in [4.69, 9.17) is 19.6 Å². The number of benzene rings is 2. The van der Waals surface area contributed by atoms with E-state index >= 15 is 4.39 Å². The summed E-state index contributed by atoms with van der Waals surface area (Å²) >= 11 is 1.42. The van der Waals surface area contributed by atoms with E-state index in [1.165, 1.54) is 30.6 Å². The molecule has 0 aliphatic carbocycles. The van der Waals surface area contributed by atoms with Gasteiger partial charge in [-0.2, -0.15) is 5.10 Å². The van der Waals surface area contributed by atoms with Crippen LogP contribution in [-0.2, 0) is 33.8 Å². The SMILES string of the molecule is C=CC(=O)N1CCn2nc(-c3nc(-c4ccc5c(c4)CN(C)C(C(=O)N(C)C)C5)c4ccsc4c3-c3c(F)cc(F)cc3OCCOC)cc2[C@H]1C. The second-order valence-corrected chi connectivity index (χ2v) is 14.3. The molecule has 0 fully saturated rings. The lowest BCUT2D eigenvalue weighted by atomic mass is 9.90. The second-order valence-electron chi connectivity index (χ2n) is 13.4. The summed E-state index contributed by atoms with van der Waals surface area (Å²) in [7, 11) is 7.03. The number of pyridine rings is 1. The van der Waals surface area contributed by atoms with Crippen LogP contribution < -0.4 is 4.74 Å². The van der Waals surface area contributed by atoms with E-state index in [-0.39, 0.29) is 48.4 Å². The molecule has 0 N–H and O–H groups in total. The van der Waals surface area contributed by atoms with Crippen LogP contribution in [0.25, 0.3) is 43.9 Å². The van der Waals surface area contributed by atoms with Crippen molar-refractivity contribution < 1.29 is 27.8 Å². The van der Waals surface area contributed by atoms with Crippen LogP contribution in [-0.4, -0.2) is 95.3 Å². The van der Waals surface area contributed by atoms with Crippen molar-refractivity contribution >= 4 is 33.2 Å². The highest BCUT2D eigenvalue weighted by molar-refractivity contribution is 7.18. The van der Waals surface area contributed by atoms with E-state index < -0.39 is 11.6 Å². The molecule has 0 bridgehead atoms. The van der Waals surface area contributed by atoms with Crippen molar-refractivity contribution in [1.29, 1.82) is 0 Å². The van der Waals surface area contributed by atoms with Gasteiger partial charge in [-0.1, -0.05) is 18.7 Å². The Balaban J connectivity index is 1.43. The number of nitrogens with zero attached hydrogens (tertiary/aromatic N) is 6. The Kier molecular flexibility index (Phi) is 9.68. The number of aromatic nitrogens is 3. The summed E-state index contributed by atoms with van der Waals surface area (Å²) in [5.41, 5.74) is 5.91. The molecule has 2 aliphatic rings. The summed E-state index contributed by atoms with van der Waals surface area (Å²) in [6.07, 6.45) is 1.90. The molecule has 2 atom stereocenters. The van der Waals surface area contributed by atoms with Crippen LogP contribution in [0.1, 0.15) is 29.8 Å². The van der Waals surface area contributed by atoms with Crippen LogP contribution in [0.3, 0.4) is 0 Å². The van der Waals surface area contributed by atoms with E-state index in [0.717, 1.165) is 38.5 Å². The van der Waals surface area contributed by atoms with Gasteiger partial charge in [-0.25, -0.2) is 13.8 Å². The minimum absolute atomic E-state index is 0.0267. The van der Waals surface area contributed by atoms with Crippen molar-refractivity contribution in [2.45, 2.75) is 38.5 Å². The highest BCUT2D eigenvalue weighted by atomic mass is 32.1. The van der Waals surface area contributed by atoms with Crippen LogP contribution >= 0.6 is 11.3 Å². The number of methoxy groups -OCH3 is 1. The maximum Gasteiger partial charge on any atom is 0.246 e. The van der Waals surface area contributed by atoms with E-state index in [1.807, 2.05) is 42.2 Å². The van der Waals surface area contributed by atoms with E-state index in [1.54, 1.807) is 23.9 Å². The summed E-state index contributed by atoms with van der Waals surface area (Å²) in [6, 6.07) is 11.5. The maximum atomic E-state index is 16.2. The van der Waals surface area contributed by atoms with Crippen LogP contribution in [0.4, 0.5) is 8.78 Å². The van der Waals surface area contributed by atoms with Gasteiger partial charge in [0.05, 0.1) is 42.2 Å². The zero-order chi connectivity index (χ0) is 36.8. The Labute approximate surface area is 304 Å². The summed E-state index contributed by atoms with van der Waals surface area (Å²) in [6.45, 7) is 7.38. The van der Waals surface area contributed by atoms with E-state index in [2.05, 4.69) is 23.6 Å². The van der Waals surface area contributed by atoms with Crippen molar-refractivity contribution in [1.82, 2.24) is 29.5 Å². The third-order valence-electron chi connectivity index (χ3n) is 9.95. The number of carbonyl (C=O) groups excluding carboxylic acids is 2. The lowest BCUT2D eigenvalue weighted by Gasteiger charge is -2.34. The zero-order valence-corrected chi connectivity index (χ0v) is 30.6. The largest absolute Gasteiger partial charge is 0.490 e. The van der Waals surface area contributed by atoms with Gasteiger partial charge >= 0.3 is 0 Å². The average molecular weight is 727 g/mol. The highest BCUT2D eigenvalue weighted by Crippen LogP contribution is 2.47. The summed E-state index contributed by atoms with van der Waals surface area (Å²) in [4.78, 5) is 36.3. The van der Waals surface area contributed by atoms with Crippen molar-refractivity contribution in [2.24, 2.45) is 0 Å². The Bertz CT molecular complexity index is 2210. The Morgan fingerprint density at radius 1 is 1.06 bits per heavy atom. The highest BCUT2D eigenvalue weighted by Gasteiger charge is 2.33. The Morgan fingerprint density at radius 2 is 1.87 bits per heavy atom. The molecule has 0 saturated carbocycles. The molecule has 1 unspecified atom stereocenters. The fraction of sp³-hybridized carbons (Fsp3) is 0.333. The standard InChI is InChI=1S/C39H40F2N6O4S/c1-7-33(48)46-11-12-47-30(22(46)2)20-29(43-47)37-35(34-28(41)18-26(40)19-32(34)51-14-13-50-6)38-27(10-15-52-38)36(42-37)24-9-8-23-17-31(39(49)44(3)4)45(5)21-25(23)16-24/h7-10,15-16,18-20,22,31H,1,11-14,17,21H2,2-6H3/t22-,31?/m1/s1. The van der Waals surface area contributed by atoms with Gasteiger partial charge in [-0.15, -0.1) is 11.3 Å². The first kappa shape index (κ1) is 35.4. The zero-order valence-electron chi connectivity index (χ0n) is 29.8. The van der Waals surface area contributed by atoms with E-state index in [0.29, 0.717) is 48.7 Å². The smallest absolute Gasteiger partial charge is 0.246 e. The number of thiophene rings is 1. The number of rotatable bonds is 9. The predicted molar refractivity (Wildman–Crippen MR) is 197 cm³/mol. The van der Waals surface area contributed by atoms with Gasteiger partial charge in [-0.05, 0) is 61.2 Å². The third kappa shape index (κ3) is 6.26. The van der Waals surface area contributed by atoms with Crippen LogP contribution in [0, 0.1) is 11.6 Å². The Morgan fingerprint density at radius 3 is 2.62 bits per heavy atom. The second kappa shape index (κ2) is 14.2. The van der Waals surface area contributed by atoms with Gasteiger partial charge in [-0.3, -0.25) is 19.2 Å². The monoisotopic (exact) mass is 726 g/mol. The van der Waals surface area contributed by atoms with Crippen molar-refractivity contribution in [3.63, 3.8) is 0 Å². The summed E-state index contributed by atoms with van der Waals surface area (Å²) in [5, 5.41) is 7.69. The van der Waals surface area contributed by atoms with Crippen molar-refractivity contribution in [3.8, 4) is 39.5 Å². The number of halogens is 2. The first-order valence-electron chi connectivity index (χ1n) is 17.1. The molecule has 270 valence electrons. The fourth-order valence-corrected chi connectivity index (χ4v) is 8.22. The van der Waals surface area contributed by atoms with Gasteiger partial charge in [0.25, 0.3) is 0 Å². The third-order valence-corrected chi connectivity index (χ3v) is 10.9. The molecule has 0 spiro atoms. The number of fused-ring (bicyclic) bond motifs is 3. The molecule has 0 saturated heterocycles. The molecule has 2 aromatic carbocycles. The number of hydrogen-bond donors (Lipinski definition) is 0. The Hall–Kier alpha value is -4.98.